The number of thioether (sulfide) groups is 1. The molecule has 1 atom stereocenters. The number of rotatable bonds is 2. The normalized spacial score (nSPS) is 23.6. The van der Waals surface area contributed by atoms with E-state index < -0.39 is 0 Å². The van der Waals surface area contributed by atoms with Crippen molar-refractivity contribution in [3.63, 3.8) is 0 Å². The molecule has 0 saturated carbocycles. The van der Waals surface area contributed by atoms with Crippen molar-refractivity contribution in [3.05, 3.63) is 23.8 Å². The average molecular weight is 250 g/mol. The summed E-state index contributed by atoms with van der Waals surface area (Å²) < 4.78 is -0.294. The van der Waals surface area contributed by atoms with Crippen LogP contribution in [0.15, 0.2) is 18.2 Å². The summed E-state index contributed by atoms with van der Waals surface area (Å²) in [5, 5.41) is 2.94. The molecule has 1 amide bonds. The number of nitrogen functional groups attached to an aromatic ring is 1. The Kier molecular flexibility index (Phi) is 3.33. The Hall–Kier alpha value is -1.16. The lowest BCUT2D eigenvalue weighted by atomic mass is 10.0. The van der Waals surface area contributed by atoms with Gasteiger partial charge in [-0.25, -0.2) is 0 Å². The van der Waals surface area contributed by atoms with Gasteiger partial charge < -0.3 is 11.1 Å². The third-order valence-electron chi connectivity index (χ3n) is 3.15. The van der Waals surface area contributed by atoms with Crippen LogP contribution in [0, 0.1) is 6.92 Å². The molecule has 0 bridgehead atoms. The molecule has 3 nitrogen and oxygen atoms in total. The lowest BCUT2D eigenvalue weighted by Crippen LogP contribution is -2.34. The molecular formula is C13H18N2OS. The van der Waals surface area contributed by atoms with Gasteiger partial charge in [-0.3, -0.25) is 4.79 Å². The second kappa shape index (κ2) is 4.61. The number of nitrogens with two attached hydrogens (primary N) is 1. The molecule has 0 aromatic heterocycles. The van der Waals surface area contributed by atoms with Gasteiger partial charge in [-0.15, -0.1) is 11.8 Å². The number of carbonyl (C=O) groups excluding carboxylic acids is 1. The van der Waals surface area contributed by atoms with Crippen molar-refractivity contribution in [2.45, 2.75) is 31.4 Å². The van der Waals surface area contributed by atoms with Crippen molar-refractivity contribution in [2.75, 3.05) is 16.8 Å². The molecule has 1 aromatic carbocycles. The van der Waals surface area contributed by atoms with Crippen molar-refractivity contribution in [1.82, 2.24) is 0 Å². The first kappa shape index (κ1) is 12.3. The quantitative estimate of drug-likeness (QED) is 0.794. The number of carbonyl (C=O) groups is 1. The zero-order chi connectivity index (χ0) is 12.5. The second-order valence-corrected chi connectivity index (χ2v) is 6.33. The van der Waals surface area contributed by atoms with Crippen LogP contribution in [0.4, 0.5) is 11.4 Å². The minimum atomic E-state index is -0.294. The molecule has 1 aliphatic rings. The van der Waals surface area contributed by atoms with Crippen LogP contribution in [0.5, 0.6) is 0 Å². The lowest BCUT2D eigenvalue weighted by Gasteiger charge is -2.22. The average Bonchev–Trinajstić information content (AvgIpc) is 2.71. The summed E-state index contributed by atoms with van der Waals surface area (Å²) in [6.45, 7) is 3.99. The molecular weight excluding hydrogens is 232 g/mol. The maximum Gasteiger partial charge on any atom is 0.240 e. The highest BCUT2D eigenvalue weighted by molar-refractivity contribution is 8.01. The van der Waals surface area contributed by atoms with E-state index in [0.717, 1.165) is 24.2 Å². The van der Waals surface area contributed by atoms with Crippen molar-refractivity contribution >= 4 is 29.0 Å². The van der Waals surface area contributed by atoms with E-state index in [-0.39, 0.29) is 10.7 Å². The van der Waals surface area contributed by atoms with Gasteiger partial charge in [0.1, 0.15) is 0 Å². The molecule has 1 heterocycles. The largest absolute Gasteiger partial charge is 0.397 e. The van der Waals surface area contributed by atoms with Gasteiger partial charge in [-0.05, 0) is 50.1 Å². The predicted molar refractivity (Wildman–Crippen MR) is 74.3 cm³/mol. The molecule has 1 saturated heterocycles. The molecule has 1 aliphatic heterocycles. The first-order valence-electron chi connectivity index (χ1n) is 5.83. The molecule has 0 aliphatic carbocycles. The van der Waals surface area contributed by atoms with Crippen molar-refractivity contribution < 1.29 is 4.79 Å². The van der Waals surface area contributed by atoms with Crippen LogP contribution in [0.1, 0.15) is 25.3 Å². The number of hydrogen-bond acceptors (Lipinski definition) is 3. The van der Waals surface area contributed by atoms with Gasteiger partial charge >= 0.3 is 0 Å². The van der Waals surface area contributed by atoms with Gasteiger partial charge in [-0.1, -0.05) is 6.07 Å². The number of aryl methyl sites for hydroxylation is 1. The Morgan fingerprint density at radius 2 is 2.29 bits per heavy atom. The van der Waals surface area contributed by atoms with E-state index in [1.165, 1.54) is 0 Å². The fourth-order valence-electron chi connectivity index (χ4n) is 2.01. The summed E-state index contributed by atoms with van der Waals surface area (Å²) in [6, 6.07) is 5.70. The first-order valence-corrected chi connectivity index (χ1v) is 6.81. The van der Waals surface area contributed by atoms with Crippen LogP contribution in [0.2, 0.25) is 0 Å². The highest BCUT2D eigenvalue weighted by Gasteiger charge is 2.37. The Morgan fingerprint density at radius 1 is 1.53 bits per heavy atom. The Bertz CT molecular complexity index is 439. The molecule has 0 spiro atoms. The molecule has 0 radical (unpaired) electrons. The molecule has 4 heteroatoms. The summed E-state index contributed by atoms with van der Waals surface area (Å²) in [6.07, 6.45) is 2.05. The van der Waals surface area contributed by atoms with Gasteiger partial charge in [-0.2, -0.15) is 0 Å². The monoisotopic (exact) mass is 250 g/mol. The smallest absolute Gasteiger partial charge is 0.240 e. The molecule has 3 N–H and O–H groups in total. The van der Waals surface area contributed by atoms with Gasteiger partial charge in [0, 0.05) is 0 Å². The fourth-order valence-corrected chi connectivity index (χ4v) is 3.22. The maximum absolute atomic E-state index is 12.2. The summed E-state index contributed by atoms with van der Waals surface area (Å²) in [7, 11) is 0. The molecule has 1 unspecified atom stereocenters. The standard InChI is InChI=1S/C13H18N2OS/c1-9-4-5-11(10(14)8-9)15-12(16)13(2)6-3-7-17-13/h4-5,8H,3,6-7,14H2,1-2H3,(H,15,16). The van der Waals surface area contributed by atoms with E-state index >= 15 is 0 Å². The van der Waals surface area contributed by atoms with Gasteiger partial charge in [0.2, 0.25) is 5.91 Å². The number of nitrogens with one attached hydrogen (secondary N) is 1. The van der Waals surface area contributed by atoms with Crippen molar-refractivity contribution in [3.8, 4) is 0 Å². The summed E-state index contributed by atoms with van der Waals surface area (Å²) in [5.74, 6) is 1.13. The maximum atomic E-state index is 12.2. The van der Waals surface area contributed by atoms with Crippen molar-refractivity contribution in [1.29, 1.82) is 0 Å². The Balaban J connectivity index is 2.13. The SMILES string of the molecule is Cc1ccc(NC(=O)C2(C)CCCS2)c(N)c1. The minimum Gasteiger partial charge on any atom is -0.397 e. The summed E-state index contributed by atoms with van der Waals surface area (Å²) in [5.41, 5.74) is 8.34. The van der Waals surface area contributed by atoms with Crippen LogP contribution >= 0.6 is 11.8 Å². The number of amides is 1. The fraction of sp³-hybridized carbons (Fsp3) is 0.462. The highest BCUT2D eigenvalue weighted by Crippen LogP contribution is 2.38. The van der Waals surface area contributed by atoms with Crippen molar-refractivity contribution in [2.24, 2.45) is 0 Å². The zero-order valence-electron chi connectivity index (χ0n) is 10.2. The first-order chi connectivity index (χ1) is 8.01. The van der Waals surface area contributed by atoms with E-state index in [4.69, 9.17) is 5.73 Å². The summed E-state index contributed by atoms with van der Waals surface area (Å²) >= 11 is 1.73. The third-order valence-corrected chi connectivity index (χ3v) is 4.67. The van der Waals surface area contributed by atoms with Crippen LogP contribution < -0.4 is 11.1 Å². The van der Waals surface area contributed by atoms with E-state index in [0.29, 0.717) is 11.4 Å². The van der Waals surface area contributed by atoms with E-state index in [2.05, 4.69) is 5.32 Å². The third kappa shape index (κ3) is 2.57. The van der Waals surface area contributed by atoms with Gasteiger partial charge in [0.25, 0.3) is 0 Å². The molecule has 2 rings (SSSR count). The van der Waals surface area contributed by atoms with Crippen LogP contribution in [-0.4, -0.2) is 16.4 Å². The van der Waals surface area contributed by atoms with E-state index in [1.54, 1.807) is 11.8 Å². The highest BCUT2D eigenvalue weighted by atomic mass is 32.2. The number of anilines is 2. The van der Waals surface area contributed by atoms with Gasteiger partial charge in [0.05, 0.1) is 16.1 Å². The minimum absolute atomic E-state index is 0.0653. The molecule has 1 aromatic rings. The summed E-state index contributed by atoms with van der Waals surface area (Å²) in [4.78, 5) is 12.2. The Labute approximate surface area is 106 Å². The molecule has 17 heavy (non-hydrogen) atoms. The zero-order valence-corrected chi connectivity index (χ0v) is 11.1. The van der Waals surface area contributed by atoms with E-state index in [1.807, 2.05) is 32.0 Å². The van der Waals surface area contributed by atoms with Crippen LogP contribution in [0.3, 0.4) is 0 Å². The van der Waals surface area contributed by atoms with Crippen LogP contribution in [-0.2, 0) is 4.79 Å². The van der Waals surface area contributed by atoms with E-state index in [9.17, 15) is 4.79 Å². The number of hydrogen-bond donors (Lipinski definition) is 2. The molecule has 92 valence electrons. The Morgan fingerprint density at radius 3 is 2.88 bits per heavy atom. The second-order valence-electron chi connectivity index (χ2n) is 4.73. The number of benzene rings is 1. The lowest BCUT2D eigenvalue weighted by molar-refractivity contribution is -0.118. The molecule has 1 fully saturated rings. The van der Waals surface area contributed by atoms with Crippen LogP contribution in [0.25, 0.3) is 0 Å². The predicted octanol–water partition coefficient (Wildman–Crippen LogP) is 2.80. The van der Waals surface area contributed by atoms with Gasteiger partial charge in [0.15, 0.2) is 0 Å². The topological polar surface area (TPSA) is 55.1 Å².